The molecular formula is C7H6NO+. The number of nitrogens with one attached hydrogen (secondary N) is 1. The Bertz CT molecular complexity index is 283. The second-order valence-electron chi connectivity index (χ2n) is 1.87. The van der Waals surface area contributed by atoms with Gasteiger partial charge in [-0.25, -0.2) is 4.98 Å². The largest absolute Gasteiger partial charge is 0.458 e. The lowest BCUT2D eigenvalue weighted by atomic mass is 10.4. The monoisotopic (exact) mass is 120 g/mol. The second-order valence-corrected chi connectivity index (χ2v) is 1.87. The van der Waals surface area contributed by atoms with Crippen LogP contribution in [0.3, 0.4) is 0 Å². The highest BCUT2D eigenvalue weighted by molar-refractivity contribution is 5.67. The number of hydrogen-bond acceptors (Lipinski definition) is 1. The van der Waals surface area contributed by atoms with E-state index in [1.54, 1.807) is 6.26 Å². The Balaban J connectivity index is 2.95. The third-order valence-electron chi connectivity index (χ3n) is 1.28. The zero-order valence-electron chi connectivity index (χ0n) is 4.79. The normalized spacial score (nSPS) is 10.2. The van der Waals surface area contributed by atoms with Gasteiger partial charge in [0.25, 0.3) is 0 Å². The standard InChI is InChI=1S/C7H5NO/c1-2-7-6(8-4-1)3-5-9-7/h1-5H/p+1. The van der Waals surface area contributed by atoms with Gasteiger partial charge in [-0.1, -0.05) is 0 Å². The molecular weight excluding hydrogens is 114 g/mol. The average Bonchev–Trinajstić information content (AvgIpc) is 2.33. The summed E-state index contributed by atoms with van der Waals surface area (Å²) >= 11 is 0. The minimum atomic E-state index is 0.900. The summed E-state index contributed by atoms with van der Waals surface area (Å²) in [5, 5.41) is 0. The molecule has 0 aliphatic carbocycles. The van der Waals surface area contributed by atoms with E-state index in [4.69, 9.17) is 4.42 Å². The van der Waals surface area contributed by atoms with Crippen molar-refractivity contribution in [3.8, 4) is 0 Å². The van der Waals surface area contributed by atoms with E-state index in [1.807, 2.05) is 24.4 Å². The lowest BCUT2D eigenvalue weighted by Gasteiger charge is -1.74. The Morgan fingerprint density at radius 1 is 1.33 bits per heavy atom. The Morgan fingerprint density at radius 3 is 3.22 bits per heavy atom. The fourth-order valence-corrected chi connectivity index (χ4v) is 0.843. The van der Waals surface area contributed by atoms with Crippen LogP contribution in [0.2, 0.25) is 0 Å². The Hall–Kier alpha value is -1.31. The van der Waals surface area contributed by atoms with Gasteiger partial charge in [0.15, 0.2) is 11.8 Å². The lowest BCUT2D eigenvalue weighted by molar-refractivity contribution is -0.344. The molecule has 2 heteroatoms. The van der Waals surface area contributed by atoms with Crippen LogP contribution in [-0.4, -0.2) is 0 Å². The van der Waals surface area contributed by atoms with Gasteiger partial charge in [0.1, 0.15) is 0 Å². The fraction of sp³-hybridized carbons (Fsp3) is 0. The van der Waals surface area contributed by atoms with Crippen LogP contribution < -0.4 is 4.98 Å². The van der Waals surface area contributed by atoms with Crippen molar-refractivity contribution in [2.75, 3.05) is 0 Å². The molecule has 9 heavy (non-hydrogen) atoms. The lowest BCUT2D eigenvalue weighted by Crippen LogP contribution is -1.97. The summed E-state index contributed by atoms with van der Waals surface area (Å²) in [5.41, 5.74) is 1.94. The zero-order chi connectivity index (χ0) is 6.10. The number of fused-ring (bicyclic) bond motifs is 1. The minimum Gasteiger partial charge on any atom is -0.458 e. The smallest absolute Gasteiger partial charge is 0.249 e. The van der Waals surface area contributed by atoms with Crippen molar-refractivity contribution in [3.63, 3.8) is 0 Å². The maximum Gasteiger partial charge on any atom is 0.249 e. The number of rotatable bonds is 0. The summed E-state index contributed by atoms with van der Waals surface area (Å²) in [7, 11) is 0. The molecule has 44 valence electrons. The molecule has 2 rings (SSSR count). The van der Waals surface area contributed by atoms with E-state index in [1.165, 1.54) is 0 Å². The summed E-state index contributed by atoms with van der Waals surface area (Å²) in [6.45, 7) is 0. The van der Waals surface area contributed by atoms with Crippen molar-refractivity contribution in [3.05, 3.63) is 30.7 Å². The fourth-order valence-electron chi connectivity index (χ4n) is 0.843. The Kier molecular flexibility index (Phi) is 0.803. The number of furan rings is 1. The third-order valence-corrected chi connectivity index (χ3v) is 1.28. The van der Waals surface area contributed by atoms with Crippen LogP contribution in [0.1, 0.15) is 0 Å². The summed E-state index contributed by atoms with van der Waals surface area (Å²) in [5.74, 6) is 0. The van der Waals surface area contributed by atoms with Gasteiger partial charge in [0.2, 0.25) is 5.52 Å². The molecule has 0 aliphatic heterocycles. The van der Waals surface area contributed by atoms with Crippen LogP contribution in [0.15, 0.2) is 35.1 Å². The summed E-state index contributed by atoms with van der Waals surface area (Å²) in [6, 6.07) is 5.73. The summed E-state index contributed by atoms with van der Waals surface area (Å²) in [4.78, 5) is 3.04. The van der Waals surface area contributed by atoms with Crippen molar-refractivity contribution < 1.29 is 9.40 Å². The first-order chi connectivity index (χ1) is 4.47. The molecule has 0 aromatic carbocycles. The van der Waals surface area contributed by atoms with E-state index in [2.05, 4.69) is 4.98 Å². The maximum absolute atomic E-state index is 5.09. The van der Waals surface area contributed by atoms with E-state index < -0.39 is 0 Å². The molecule has 0 aliphatic rings. The zero-order valence-corrected chi connectivity index (χ0v) is 4.79. The molecule has 0 amide bonds. The highest BCUT2D eigenvalue weighted by atomic mass is 16.3. The van der Waals surface area contributed by atoms with Crippen molar-refractivity contribution in [1.29, 1.82) is 0 Å². The van der Waals surface area contributed by atoms with Crippen molar-refractivity contribution >= 4 is 11.1 Å². The van der Waals surface area contributed by atoms with Crippen LogP contribution in [0.5, 0.6) is 0 Å². The highest BCUT2D eigenvalue weighted by Crippen LogP contribution is 2.06. The molecule has 2 nitrogen and oxygen atoms in total. The highest BCUT2D eigenvalue weighted by Gasteiger charge is 1.97. The van der Waals surface area contributed by atoms with Gasteiger partial charge in [-0.2, -0.15) is 0 Å². The quantitative estimate of drug-likeness (QED) is 0.514. The molecule has 0 spiro atoms. The van der Waals surface area contributed by atoms with Crippen LogP contribution in [0.25, 0.3) is 11.1 Å². The van der Waals surface area contributed by atoms with Crippen molar-refractivity contribution in [2.45, 2.75) is 0 Å². The van der Waals surface area contributed by atoms with E-state index in [0.29, 0.717) is 0 Å². The molecule has 0 atom stereocenters. The predicted molar refractivity (Wildman–Crippen MR) is 32.8 cm³/mol. The molecule has 0 saturated carbocycles. The van der Waals surface area contributed by atoms with E-state index >= 15 is 0 Å². The Morgan fingerprint density at radius 2 is 2.33 bits per heavy atom. The van der Waals surface area contributed by atoms with Gasteiger partial charge in [-0.05, 0) is 6.07 Å². The van der Waals surface area contributed by atoms with Gasteiger partial charge >= 0.3 is 0 Å². The molecule has 2 heterocycles. The molecule has 0 fully saturated rings. The summed E-state index contributed by atoms with van der Waals surface area (Å²) in [6.07, 6.45) is 3.54. The van der Waals surface area contributed by atoms with E-state index in [0.717, 1.165) is 11.1 Å². The second kappa shape index (κ2) is 1.58. The Labute approximate surface area is 52.1 Å². The van der Waals surface area contributed by atoms with Gasteiger partial charge < -0.3 is 4.42 Å². The van der Waals surface area contributed by atoms with Crippen LogP contribution in [-0.2, 0) is 0 Å². The van der Waals surface area contributed by atoms with Crippen molar-refractivity contribution in [1.82, 2.24) is 0 Å². The number of aromatic nitrogens is 1. The van der Waals surface area contributed by atoms with Crippen LogP contribution in [0.4, 0.5) is 0 Å². The van der Waals surface area contributed by atoms with Gasteiger partial charge in [-0.3, -0.25) is 0 Å². The molecule has 0 radical (unpaired) electrons. The van der Waals surface area contributed by atoms with E-state index in [9.17, 15) is 0 Å². The first-order valence-electron chi connectivity index (χ1n) is 2.81. The first-order valence-corrected chi connectivity index (χ1v) is 2.81. The predicted octanol–water partition coefficient (Wildman–Crippen LogP) is 1.25. The van der Waals surface area contributed by atoms with E-state index in [-0.39, 0.29) is 0 Å². The SMILES string of the molecule is c1c[nH+]c2ccoc2c1. The van der Waals surface area contributed by atoms with Gasteiger partial charge in [-0.15, -0.1) is 0 Å². The minimum absolute atomic E-state index is 0.900. The van der Waals surface area contributed by atoms with Crippen LogP contribution in [0, 0.1) is 0 Å². The molecule has 2 aromatic heterocycles. The molecule has 1 N–H and O–H groups in total. The molecule has 0 bridgehead atoms. The van der Waals surface area contributed by atoms with Gasteiger partial charge in [0, 0.05) is 12.1 Å². The maximum atomic E-state index is 5.09. The molecule has 2 aromatic rings. The third kappa shape index (κ3) is 0.598. The number of H-pyrrole nitrogens is 1. The topological polar surface area (TPSA) is 27.3 Å². The molecule has 0 saturated heterocycles. The number of pyridine rings is 1. The average molecular weight is 120 g/mol. The summed E-state index contributed by atoms with van der Waals surface area (Å²) < 4.78 is 5.09. The molecule has 0 unspecified atom stereocenters. The number of hydrogen-bond donors (Lipinski definition) is 0. The van der Waals surface area contributed by atoms with Gasteiger partial charge in [0.05, 0.1) is 6.26 Å². The first kappa shape index (κ1) is 4.56. The van der Waals surface area contributed by atoms with Crippen molar-refractivity contribution in [2.24, 2.45) is 0 Å². The number of aromatic amines is 1. The van der Waals surface area contributed by atoms with Crippen LogP contribution >= 0.6 is 0 Å².